The SMILES string of the molecule is FC(F)(F)C(Oc1nc(Cl)nc(Cl)n1)C(F)(F)F. The molecule has 0 fully saturated rings. The quantitative estimate of drug-likeness (QED) is 0.787. The van der Waals surface area contributed by atoms with Crippen molar-refractivity contribution in [2.45, 2.75) is 18.5 Å². The van der Waals surface area contributed by atoms with Crippen LogP contribution in [0.3, 0.4) is 0 Å². The number of rotatable bonds is 2. The third-order valence-electron chi connectivity index (χ3n) is 1.38. The molecule has 0 radical (unpaired) electrons. The van der Waals surface area contributed by atoms with Gasteiger partial charge in [0.2, 0.25) is 10.6 Å². The molecule has 0 atom stereocenters. The number of aromatic nitrogens is 3. The minimum atomic E-state index is -5.69. The molecule has 18 heavy (non-hydrogen) atoms. The van der Waals surface area contributed by atoms with Crippen molar-refractivity contribution in [3.05, 3.63) is 10.6 Å². The van der Waals surface area contributed by atoms with E-state index in [1.54, 1.807) is 0 Å². The summed E-state index contributed by atoms with van der Waals surface area (Å²) in [6, 6.07) is -1.28. The van der Waals surface area contributed by atoms with E-state index in [-0.39, 0.29) is 0 Å². The summed E-state index contributed by atoms with van der Waals surface area (Å²) in [5, 5.41) is -1.40. The van der Waals surface area contributed by atoms with Gasteiger partial charge >= 0.3 is 18.4 Å². The summed E-state index contributed by atoms with van der Waals surface area (Å²) < 4.78 is 76.3. The zero-order valence-electron chi connectivity index (χ0n) is 7.85. The highest BCUT2D eigenvalue weighted by Gasteiger charge is 2.59. The van der Waals surface area contributed by atoms with Crippen molar-refractivity contribution >= 4 is 23.2 Å². The van der Waals surface area contributed by atoms with Gasteiger partial charge in [-0.1, -0.05) is 0 Å². The molecular weight excluding hydrogens is 315 g/mol. The van der Waals surface area contributed by atoms with Gasteiger partial charge in [-0.25, -0.2) is 0 Å². The van der Waals surface area contributed by atoms with Gasteiger partial charge in [0, 0.05) is 0 Å². The average molecular weight is 316 g/mol. The third-order valence-corrected chi connectivity index (χ3v) is 1.72. The fourth-order valence-corrected chi connectivity index (χ4v) is 1.13. The van der Waals surface area contributed by atoms with Gasteiger partial charge in [0.05, 0.1) is 0 Å². The van der Waals surface area contributed by atoms with Crippen LogP contribution in [0.15, 0.2) is 0 Å². The van der Waals surface area contributed by atoms with E-state index in [0.717, 1.165) is 0 Å². The Hall–Kier alpha value is -1.03. The summed E-state index contributed by atoms with van der Waals surface area (Å²) in [7, 11) is 0. The highest BCUT2D eigenvalue weighted by atomic mass is 35.5. The molecule has 0 amide bonds. The molecule has 1 aromatic heterocycles. The summed E-state index contributed by atoms with van der Waals surface area (Å²) in [6.07, 6.45) is -15.5. The molecule has 0 saturated carbocycles. The van der Waals surface area contributed by atoms with Crippen LogP contribution in [0.5, 0.6) is 6.01 Å². The standard InChI is InChI=1S/C6HCl2F6N3O/c7-2-15-3(8)17-4(16-2)18-1(5(9,10)11)6(12,13)14/h1H. The lowest BCUT2D eigenvalue weighted by molar-refractivity contribution is -0.301. The predicted octanol–water partition coefficient (Wildman–Crippen LogP) is 3.05. The highest BCUT2D eigenvalue weighted by molar-refractivity contribution is 6.31. The first-order valence-corrected chi connectivity index (χ1v) is 4.63. The minimum absolute atomic E-state index is 0.701. The molecule has 0 bridgehead atoms. The first kappa shape index (κ1) is 15.0. The van der Waals surface area contributed by atoms with E-state index < -0.39 is 35.0 Å². The fourth-order valence-electron chi connectivity index (χ4n) is 0.786. The second kappa shape index (κ2) is 4.92. The van der Waals surface area contributed by atoms with Gasteiger partial charge in [-0.15, -0.1) is 0 Å². The lowest BCUT2D eigenvalue weighted by Gasteiger charge is -2.22. The summed E-state index contributed by atoms with van der Waals surface area (Å²) >= 11 is 10.3. The zero-order valence-corrected chi connectivity index (χ0v) is 9.36. The molecule has 0 N–H and O–H groups in total. The van der Waals surface area contributed by atoms with Crippen molar-refractivity contribution in [3.63, 3.8) is 0 Å². The number of halogens is 8. The van der Waals surface area contributed by atoms with Gasteiger partial charge in [0.15, 0.2) is 0 Å². The van der Waals surface area contributed by atoms with E-state index in [9.17, 15) is 26.3 Å². The number of ether oxygens (including phenoxy) is 1. The van der Waals surface area contributed by atoms with Gasteiger partial charge in [-0.05, 0) is 23.2 Å². The van der Waals surface area contributed by atoms with Crippen LogP contribution in [0.1, 0.15) is 0 Å². The van der Waals surface area contributed by atoms with Crippen molar-refractivity contribution in [2.24, 2.45) is 0 Å². The normalized spacial score (nSPS) is 12.9. The molecule has 0 aliphatic rings. The monoisotopic (exact) mass is 315 g/mol. The molecule has 0 aliphatic carbocycles. The van der Waals surface area contributed by atoms with E-state index in [1.807, 2.05) is 0 Å². The molecule has 0 unspecified atom stereocenters. The van der Waals surface area contributed by atoms with E-state index >= 15 is 0 Å². The number of nitrogens with zero attached hydrogens (tertiary/aromatic N) is 3. The smallest absolute Gasteiger partial charge is 0.434 e. The first-order valence-electron chi connectivity index (χ1n) is 3.87. The second-order valence-electron chi connectivity index (χ2n) is 2.74. The Bertz CT molecular complexity index is 402. The van der Waals surface area contributed by atoms with Crippen molar-refractivity contribution < 1.29 is 31.1 Å². The van der Waals surface area contributed by atoms with Crippen LogP contribution in [-0.2, 0) is 0 Å². The molecule has 1 rings (SSSR count). The molecule has 4 nitrogen and oxygen atoms in total. The lowest BCUT2D eigenvalue weighted by atomic mass is 10.3. The molecule has 0 spiro atoms. The van der Waals surface area contributed by atoms with Crippen molar-refractivity contribution in [1.29, 1.82) is 0 Å². The molecule has 1 aromatic rings. The van der Waals surface area contributed by atoms with Crippen molar-refractivity contribution in [2.75, 3.05) is 0 Å². The average Bonchev–Trinajstić information content (AvgIpc) is 2.08. The van der Waals surface area contributed by atoms with Crippen LogP contribution in [-0.4, -0.2) is 33.4 Å². The Morgan fingerprint density at radius 2 is 1.22 bits per heavy atom. The van der Waals surface area contributed by atoms with E-state index in [4.69, 9.17) is 23.2 Å². The highest BCUT2D eigenvalue weighted by Crippen LogP contribution is 2.35. The minimum Gasteiger partial charge on any atom is -0.440 e. The fraction of sp³-hybridized carbons (Fsp3) is 0.500. The van der Waals surface area contributed by atoms with Crippen molar-refractivity contribution in [1.82, 2.24) is 15.0 Å². The van der Waals surface area contributed by atoms with Gasteiger partial charge in [-0.3, -0.25) is 0 Å². The topological polar surface area (TPSA) is 47.9 Å². The third kappa shape index (κ3) is 4.02. The van der Waals surface area contributed by atoms with Gasteiger partial charge < -0.3 is 4.74 Å². The first-order chi connectivity index (χ1) is 8.00. The van der Waals surface area contributed by atoms with E-state index in [0.29, 0.717) is 0 Å². The Kier molecular flexibility index (Phi) is 4.11. The van der Waals surface area contributed by atoms with Gasteiger partial charge in [0.1, 0.15) is 0 Å². The summed E-state index contributed by atoms with van der Waals surface area (Å²) in [5.74, 6) is 0. The largest absolute Gasteiger partial charge is 0.440 e. The molecule has 0 aliphatic heterocycles. The van der Waals surface area contributed by atoms with Crippen LogP contribution in [0, 0.1) is 0 Å². The number of hydrogen-bond acceptors (Lipinski definition) is 4. The van der Waals surface area contributed by atoms with E-state index in [1.165, 1.54) is 0 Å². The molecule has 102 valence electrons. The van der Waals surface area contributed by atoms with Crippen LogP contribution >= 0.6 is 23.2 Å². The Morgan fingerprint density at radius 1 is 0.833 bits per heavy atom. The molecule has 0 saturated heterocycles. The zero-order chi connectivity index (χ0) is 14.1. The predicted molar refractivity (Wildman–Crippen MR) is 46.4 cm³/mol. The Balaban J connectivity index is 3.04. The summed E-state index contributed by atoms with van der Waals surface area (Å²) in [6.45, 7) is 0. The second-order valence-corrected chi connectivity index (χ2v) is 3.41. The van der Waals surface area contributed by atoms with E-state index in [2.05, 4.69) is 19.7 Å². The lowest BCUT2D eigenvalue weighted by Crippen LogP contribution is -2.46. The van der Waals surface area contributed by atoms with Crippen LogP contribution in [0.25, 0.3) is 0 Å². The molecule has 0 aromatic carbocycles. The molecule has 12 heteroatoms. The van der Waals surface area contributed by atoms with Gasteiger partial charge in [-0.2, -0.15) is 41.3 Å². The molecule has 1 heterocycles. The number of hydrogen-bond donors (Lipinski definition) is 0. The Labute approximate surface area is 105 Å². The summed E-state index contributed by atoms with van der Waals surface area (Å²) in [4.78, 5) is 9.01. The molecular formula is C6HCl2F6N3O. The Morgan fingerprint density at radius 3 is 1.56 bits per heavy atom. The van der Waals surface area contributed by atoms with Gasteiger partial charge in [0.25, 0.3) is 6.10 Å². The maximum absolute atomic E-state index is 12.1. The summed E-state index contributed by atoms with van der Waals surface area (Å²) in [5.41, 5.74) is 0. The van der Waals surface area contributed by atoms with Crippen LogP contribution in [0.4, 0.5) is 26.3 Å². The van der Waals surface area contributed by atoms with Crippen molar-refractivity contribution in [3.8, 4) is 6.01 Å². The maximum Gasteiger partial charge on any atom is 0.434 e. The van der Waals surface area contributed by atoms with Crippen LogP contribution < -0.4 is 4.74 Å². The maximum atomic E-state index is 12.1. The number of alkyl halides is 6. The van der Waals surface area contributed by atoms with Crippen LogP contribution in [0.2, 0.25) is 10.6 Å².